The Morgan fingerprint density at radius 2 is 2.23 bits per heavy atom. The molecule has 0 saturated carbocycles. The van der Waals surface area contributed by atoms with E-state index in [1.165, 1.54) is 23.7 Å². The van der Waals surface area contributed by atoms with Crippen LogP contribution in [0.15, 0.2) is 22.7 Å². The third kappa shape index (κ3) is 4.08. The zero-order valence-corrected chi connectivity index (χ0v) is 14.1. The number of nitrogens with zero attached hydrogens (tertiary/aromatic N) is 3. The molecule has 0 aromatic carbocycles. The molecule has 0 aliphatic carbocycles. The van der Waals surface area contributed by atoms with E-state index in [4.69, 9.17) is 0 Å². The Balaban J connectivity index is 2.00. The lowest BCUT2D eigenvalue weighted by Gasteiger charge is -2.10. The molecule has 0 unspecified atom stereocenters. The molecule has 0 spiro atoms. The number of thioether (sulfide) groups is 1. The Morgan fingerprint density at radius 3 is 2.86 bits per heavy atom. The molecule has 0 aliphatic rings. The smallest absolute Gasteiger partial charge is 0.321 e. The average Bonchev–Trinajstić information content (AvgIpc) is 3.12. The summed E-state index contributed by atoms with van der Waals surface area (Å²) in [6.07, 6.45) is 0.709. The molecule has 3 amide bonds. The van der Waals surface area contributed by atoms with Crippen LogP contribution >= 0.6 is 23.1 Å². The van der Waals surface area contributed by atoms with E-state index in [2.05, 4.69) is 20.8 Å². The second kappa shape index (κ2) is 7.41. The Kier molecular flexibility index (Phi) is 5.56. The number of urea groups is 1. The van der Waals surface area contributed by atoms with Crippen molar-refractivity contribution in [1.82, 2.24) is 25.4 Å². The molecule has 0 aliphatic heterocycles. The van der Waals surface area contributed by atoms with E-state index in [1.54, 1.807) is 18.3 Å². The van der Waals surface area contributed by atoms with Crippen LogP contribution in [-0.2, 0) is 18.3 Å². The fourth-order valence-electron chi connectivity index (χ4n) is 1.66. The summed E-state index contributed by atoms with van der Waals surface area (Å²) in [5.74, 6) is 0.469. The highest BCUT2D eigenvalue weighted by molar-refractivity contribution is 8.00. The molecular formula is C13H17N5O2S2. The van der Waals surface area contributed by atoms with Crippen molar-refractivity contribution < 1.29 is 9.59 Å². The molecule has 9 heteroatoms. The van der Waals surface area contributed by atoms with E-state index in [9.17, 15) is 9.59 Å². The summed E-state index contributed by atoms with van der Waals surface area (Å²) in [6, 6.07) is 3.52. The van der Waals surface area contributed by atoms with Gasteiger partial charge < -0.3 is 9.88 Å². The SMILES string of the molecule is CNC(=O)NC(=O)[C@H](C)Sc1nnc(Cc2cccs2)n1C. The van der Waals surface area contributed by atoms with Crippen LogP contribution < -0.4 is 10.6 Å². The third-order valence-electron chi connectivity index (χ3n) is 2.95. The highest BCUT2D eigenvalue weighted by atomic mass is 32.2. The van der Waals surface area contributed by atoms with Crippen LogP contribution in [0.3, 0.4) is 0 Å². The van der Waals surface area contributed by atoms with Crippen molar-refractivity contribution >= 4 is 35.0 Å². The van der Waals surface area contributed by atoms with Crippen molar-refractivity contribution in [3.8, 4) is 0 Å². The van der Waals surface area contributed by atoms with Crippen LogP contribution in [0.2, 0.25) is 0 Å². The number of hydrogen-bond donors (Lipinski definition) is 2. The first-order valence-corrected chi connectivity index (χ1v) is 8.37. The van der Waals surface area contributed by atoms with E-state index in [0.29, 0.717) is 11.6 Å². The second-order valence-corrected chi connectivity index (χ2v) is 6.88. The number of hydrogen-bond acceptors (Lipinski definition) is 6. The Morgan fingerprint density at radius 1 is 1.45 bits per heavy atom. The molecular weight excluding hydrogens is 322 g/mol. The monoisotopic (exact) mass is 339 g/mol. The van der Waals surface area contributed by atoms with E-state index < -0.39 is 11.3 Å². The summed E-state index contributed by atoms with van der Waals surface area (Å²) in [6.45, 7) is 1.72. The molecule has 0 radical (unpaired) electrons. The minimum absolute atomic E-state index is 0.368. The van der Waals surface area contributed by atoms with Crippen molar-refractivity contribution in [2.45, 2.75) is 23.8 Å². The van der Waals surface area contributed by atoms with E-state index >= 15 is 0 Å². The van der Waals surface area contributed by atoms with Crippen molar-refractivity contribution in [2.75, 3.05) is 7.05 Å². The lowest BCUT2D eigenvalue weighted by atomic mass is 10.3. The molecule has 2 aromatic heterocycles. The molecule has 2 heterocycles. The molecule has 0 bridgehead atoms. The first-order valence-electron chi connectivity index (χ1n) is 6.61. The van der Waals surface area contributed by atoms with Crippen LogP contribution in [0.5, 0.6) is 0 Å². The number of carbonyl (C=O) groups excluding carboxylic acids is 2. The largest absolute Gasteiger partial charge is 0.341 e. The van der Waals surface area contributed by atoms with Crippen LogP contribution in [0, 0.1) is 0 Å². The minimum Gasteiger partial charge on any atom is -0.341 e. The van der Waals surface area contributed by atoms with Gasteiger partial charge in [-0.25, -0.2) is 4.79 Å². The lowest BCUT2D eigenvalue weighted by Crippen LogP contribution is -2.41. The number of aromatic nitrogens is 3. The molecule has 118 valence electrons. The average molecular weight is 339 g/mol. The van der Waals surface area contributed by atoms with Gasteiger partial charge in [0, 0.05) is 25.4 Å². The number of imide groups is 1. The minimum atomic E-state index is -0.520. The van der Waals surface area contributed by atoms with Gasteiger partial charge in [0.25, 0.3) is 0 Å². The summed E-state index contributed by atoms with van der Waals surface area (Å²) in [5.41, 5.74) is 0. The molecule has 2 aromatic rings. The molecule has 1 atom stereocenters. The molecule has 2 N–H and O–H groups in total. The second-order valence-electron chi connectivity index (χ2n) is 4.54. The third-order valence-corrected chi connectivity index (χ3v) is 4.96. The number of rotatable bonds is 5. The first-order chi connectivity index (χ1) is 10.5. The predicted octanol–water partition coefficient (Wildman–Crippen LogP) is 1.40. The lowest BCUT2D eigenvalue weighted by molar-refractivity contribution is -0.119. The topological polar surface area (TPSA) is 88.9 Å². The molecule has 0 saturated heterocycles. The van der Waals surface area contributed by atoms with Crippen molar-refractivity contribution in [3.63, 3.8) is 0 Å². The van der Waals surface area contributed by atoms with Crippen molar-refractivity contribution in [3.05, 3.63) is 28.2 Å². The summed E-state index contributed by atoms with van der Waals surface area (Å²) >= 11 is 2.93. The normalized spacial score (nSPS) is 12.0. The van der Waals surface area contributed by atoms with Gasteiger partial charge in [-0.3, -0.25) is 10.1 Å². The van der Waals surface area contributed by atoms with Gasteiger partial charge in [0.15, 0.2) is 5.16 Å². The standard InChI is InChI=1S/C13H17N5O2S2/c1-8(11(19)15-12(20)14-2)22-13-17-16-10(18(13)3)7-9-5-4-6-21-9/h4-6,8H,7H2,1-3H3,(H2,14,15,19,20)/t8-/m0/s1. The van der Waals surface area contributed by atoms with Gasteiger partial charge in [0.1, 0.15) is 5.82 Å². The van der Waals surface area contributed by atoms with E-state index in [1.807, 2.05) is 29.1 Å². The zero-order chi connectivity index (χ0) is 16.1. The van der Waals surface area contributed by atoms with Gasteiger partial charge in [-0.05, 0) is 18.4 Å². The molecule has 0 fully saturated rings. The van der Waals surface area contributed by atoms with Crippen molar-refractivity contribution in [2.24, 2.45) is 7.05 Å². The first kappa shape index (κ1) is 16.5. The maximum atomic E-state index is 11.8. The maximum Gasteiger partial charge on any atom is 0.321 e. The number of nitrogens with one attached hydrogen (secondary N) is 2. The molecule has 22 heavy (non-hydrogen) atoms. The summed E-state index contributed by atoms with van der Waals surface area (Å²) in [5, 5.41) is 15.1. The predicted molar refractivity (Wildman–Crippen MR) is 86.0 cm³/mol. The highest BCUT2D eigenvalue weighted by Crippen LogP contribution is 2.23. The Bertz CT molecular complexity index is 653. The maximum absolute atomic E-state index is 11.8. The van der Waals surface area contributed by atoms with Gasteiger partial charge in [0.05, 0.1) is 5.25 Å². The summed E-state index contributed by atoms with van der Waals surface area (Å²) in [7, 11) is 3.33. The number of amides is 3. The highest BCUT2D eigenvalue weighted by Gasteiger charge is 2.20. The summed E-state index contributed by atoms with van der Waals surface area (Å²) < 4.78 is 1.87. The van der Waals surface area contributed by atoms with Crippen molar-refractivity contribution in [1.29, 1.82) is 0 Å². The fraction of sp³-hybridized carbons (Fsp3) is 0.385. The van der Waals surface area contributed by atoms with Gasteiger partial charge in [-0.15, -0.1) is 21.5 Å². The summed E-state index contributed by atoms with van der Waals surface area (Å²) in [4.78, 5) is 24.2. The Labute approximate surface area is 136 Å². The van der Waals surface area contributed by atoms with Crippen LogP contribution in [-0.4, -0.2) is 39.0 Å². The number of carbonyl (C=O) groups is 2. The van der Waals surface area contributed by atoms with Crippen LogP contribution in [0.25, 0.3) is 0 Å². The van der Waals surface area contributed by atoms with Crippen LogP contribution in [0.4, 0.5) is 4.79 Å². The van der Waals surface area contributed by atoms with Gasteiger partial charge in [-0.1, -0.05) is 17.8 Å². The van der Waals surface area contributed by atoms with Gasteiger partial charge in [-0.2, -0.15) is 0 Å². The molecule has 7 nitrogen and oxygen atoms in total. The fourth-order valence-corrected chi connectivity index (χ4v) is 3.19. The molecule has 2 rings (SSSR count). The quantitative estimate of drug-likeness (QED) is 0.804. The zero-order valence-electron chi connectivity index (χ0n) is 12.5. The number of thiophene rings is 1. The van der Waals surface area contributed by atoms with Gasteiger partial charge >= 0.3 is 6.03 Å². The van der Waals surface area contributed by atoms with Gasteiger partial charge in [0.2, 0.25) is 5.91 Å². The van der Waals surface area contributed by atoms with Crippen LogP contribution in [0.1, 0.15) is 17.6 Å². The Hall–Kier alpha value is -1.87. The van der Waals surface area contributed by atoms with E-state index in [0.717, 1.165) is 5.82 Å². The van der Waals surface area contributed by atoms with E-state index in [-0.39, 0.29) is 5.91 Å².